The van der Waals surface area contributed by atoms with Gasteiger partial charge in [-0.25, -0.2) is 4.39 Å². The SMILES string of the molecule is Cc1ccc(F)cc1NC(=O)CN1CC2CCCNC2C1. The molecule has 0 saturated carbocycles. The van der Waals surface area contributed by atoms with Crippen LogP contribution in [0.5, 0.6) is 0 Å². The van der Waals surface area contributed by atoms with Crippen molar-refractivity contribution in [3.63, 3.8) is 0 Å². The number of benzene rings is 1. The van der Waals surface area contributed by atoms with Crippen LogP contribution < -0.4 is 10.6 Å². The van der Waals surface area contributed by atoms with Crippen molar-refractivity contribution >= 4 is 11.6 Å². The lowest BCUT2D eigenvalue weighted by molar-refractivity contribution is -0.117. The van der Waals surface area contributed by atoms with Crippen LogP contribution in [0.15, 0.2) is 18.2 Å². The zero-order chi connectivity index (χ0) is 14.8. The van der Waals surface area contributed by atoms with Crippen LogP contribution in [0.25, 0.3) is 0 Å². The molecule has 4 nitrogen and oxygen atoms in total. The number of halogens is 1. The minimum atomic E-state index is -0.327. The molecule has 3 rings (SSSR count). The van der Waals surface area contributed by atoms with Crippen molar-refractivity contribution in [2.24, 2.45) is 5.92 Å². The van der Waals surface area contributed by atoms with Crippen molar-refractivity contribution in [3.05, 3.63) is 29.6 Å². The van der Waals surface area contributed by atoms with Crippen molar-refractivity contribution in [3.8, 4) is 0 Å². The number of aryl methyl sites for hydroxylation is 1. The van der Waals surface area contributed by atoms with Gasteiger partial charge in [-0.3, -0.25) is 9.69 Å². The van der Waals surface area contributed by atoms with E-state index < -0.39 is 0 Å². The van der Waals surface area contributed by atoms with Gasteiger partial charge in [0.15, 0.2) is 0 Å². The molecule has 2 aliphatic rings. The second kappa shape index (κ2) is 6.12. The summed E-state index contributed by atoms with van der Waals surface area (Å²) < 4.78 is 13.2. The Labute approximate surface area is 124 Å². The molecule has 0 spiro atoms. The number of piperidine rings is 1. The normalized spacial score (nSPS) is 25.6. The molecule has 2 fully saturated rings. The zero-order valence-corrected chi connectivity index (χ0v) is 12.4. The summed E-state index contributed by atoms with van der Waals surface area (Å²) in [6.45, 7) is 5.24. The van der Waals surface area contributed by atoms with Crippen molar-refractivity contribution < 1.29 is 9.18 Å². The highest BCUT2D eigenvalue weighted by Crippen LogP contribution is 2.24. The molecular formula is C16H22FN3O. The first-order chi connectivity index (χ1) is 10.1. The number of nitrogens with zero attached hydrogens (tertiary/aromatic N) is 1. The average molecular weight is 291 g/mol. The maximum absolute atomic E-state index is 13.2. The lowest BCUT2D eigenvalue weighted by Crippen LogP contribution is -2.41. The van der Waals surface area contributed by atoms with Crippen molar-refractivity contribution in [2.75, 3.05) is 31.5 Å². The number of carbonyl (C=O) groups excluding carboxylic acids is 1. The lowest BCUT2D eigenvalue weighted by atomic mass is 9.94. The van der Waals surface area contributed by atoms with E-state index in [1.807, 2.05) is 6.92 Å². The molecular weight excluding hydrogens is 269 g/mol. The van der Waals surface area contributed by atoms with E-state index in [0.29, 0.717) is 24.2 Å². The van der Waals surface area contributed by atoms with E-state index in [4.69, 9.17) is 0 Å². The van der Waals surface area contributed by atoms with Gasteiger partial charge < -0.3 is 10.6 Å². The molecule has 5 heteroatoms. The average Bonchev–Trinajstić information content (AvgIpc) is 2.84. The summed E-state index contributed by atoms with van der Waals surface area (Å²) in [7, 11) is 0. The number of fused-ring (bicyclic) bond motifs is 1. The molecule has 114 valence electrons. The van der Waals surface area contributed by atoms with Crippen LogP contribution in [0.1, 0.15) is 18.4 Å². The number of rotatable bonds is 3. The van der Waals surface area contributed by atoms with Gasteiger partial charge in [-0.05, 0) is 49.9 Å². The first-order valence-corrected chi connectivity index (χ1v) is 7.63. The van der Waals surface area contributed by atoms with Gasteiger partial charge in [0.25, 0.3) is 0 Å². The van der Waals surface area contributed by atoms with Crippen molar-refractivity contribution in [1.29, 1.82) is 0 Å². The van der Waals surface area contributed by atoms with Crippen molar-refractivity contribution in [1.82, 2.24) is 10.2 Å². The minimum Gasteiger partial charge on any atom is -0.325 e. The summed E-state index contributed by atoms with van der Waals surface area (Å²) in [4.78, 5) is 14.3. The first kappa shape index (κ1) is 14.5. The van der Waals surface area contributed by atoms with E-state index >= 15 is 0 Å². The first-order valence-electron chi connectivity index (χ1n) is 7.63. The largest absolute Gasteiger partial charge is 0.325 e. The minimum absolute atomic E-state index is 0.0673. The molecule has 1 amide bonds. The Hall–Kier alpha value is -1.46. The van der Waals surface area contributed by atoms with E-state index in [0.717, 1.165) is 25.2 Å². The third-order valence-electron chi connectivity index (χ3n) is 4.52. The van der Waals surface area contributed by atoms with Gasteiger partial charge in [0, 0.05) is 24.8 Å². The van der Waals surface area contributed by atoms with Crippen LogP contribution in [-0.4, -0.2) is 43.0 Å². The van der Waals surface area contributed by atoms with Gasteiger partial charge in [0.05, 0.1) is 6.54 Å². The number of anilines is 1. The maximum Gasteiger partial charge on any atom is 0.238 e. The van der Waals surface area contributed by atoms with Gasteiger partial charge in [0.1, 0.15) is 5.82 Å². The molecule has 2 N–H and O–H groups in total. The summed E-state index contributed by atoms with van der Waals surface area (Å²) in [5.74, 6) is 0.275. The molecule has 2 unspecified atom stereocenters. The summed E-state index contributed by atoms with van der Waals surface area (Å²) in [6.07, 6.45) is 2.47. The standard InChI is InChI=1S/C16H22FN3O/c1-11-4-5-13(17)7-14(11)19-16(21)10-20-8-12-3-2-6-18-15(12)9-20/h4-5,7,12,15,18H,2-3,6,8-10H2,1H3,(H,19,21). The highest BCUT2D eigenvalue weighted by molar-refractivity contribution is 5.93. The van der Waals surface area contributed by atoms with Gasteiger partial charge in [-0.1, -0.05) is 6.07 Å². The topological polar surface area (TPSA) is 44.4 Å². The molecule has 2 atom stereocenters. The number of carbonyl (C=O) groups is 1. The zero-order valence-electron chi connectivity index (χ0n) is 12.4. The van der Waals surface area contributed by atoms with Crippen LogP contribution in [0, 0.1) is 18.7 Å². The Bertz CT molecular complexity index is 520. The summed E-state index contributed by atoms with van der Waals surface area (Å²) in [6, 6.07) is 4.99. The fourth-order valence-electron chi connectivity index (χ4n) is 3.39. The van der Waals surface area contributed by atoms with E-state index in [1.54, 1.807) is 6.07 Å². The van der Waals surface area contributed by atoms with Crippen LogP contribution in [0.3, 0.4) is 0 Å². The molecule has 0 aliphatic carbocycles. The number of hydrogen-bond acceptors (Lipinski definition) is 3. The Morgan fingerprint density at radius 3 is 3.14 bits per heavy atom. The Kier molecular flexibility index (Phi) is 4.22. The van der Waals surface area contributed by atoms with E-state index in [2.05, 4.69) is 15.5 Å². The van der Waals surface area contributed by atoms with Gasteiger partial charge in [0.2, 0.25) is 5.91 Å². The third kappa shape index (κ3) is 3.41. The Balaban J connectivity index is 1.56. The smallest absolute Gasteiger partial charge is 0.238 e. The molecule has 0 radical (unpaired) electrons. The fourth-order valence-corrected chi connectivity index (χ4v) is 3.39. The summed E-state index contributed by atoms with van der Waals surface area (Å²) in [5, 5.41) is 6.35. The highest BCUT2D eigenvalue weighted by atomic mass is 19.1. The van der Waals surface area contributed by atoms with E-state index in [-0.39, 0.29) is 11.7 Å². The predicted octanol–water partition coefficient (Wildman–Crippen LogP) is 1.76. The van der Waals surface area contributed by atoms with E-state index in [1.165, 1.54) is 25.0 Å². The van der Waals surface area contributed by atoms with Gasteiger partial charge in [-0.2, -0.15) is 0 Å². The lowest BCUT2D eigenvalue weighted by Gasteiger charge is -2.24. The molecule has 2 heterocycles. The van der Waals surface area contributed by atoms with Crippen LogP contribution in [0.2, 0.25) is 0 Å². The molecule has 1 aromatic carbocycles. The summed E-state index contributed by atoms with van der Waals surface area (Å²) in [5.41, 5.74) is 1.44. The van der Waals surface area contributed by atoms with Gasteiger partial charge >= 0.3 is 0 Å². The molecule has 0 aromatic heterocycles. The monoisotopic (exact) mass is 291 g/mol. The number of amides is 1. The number of hydrogen-bond donors (Lipinski definition) is 2. The molecule has 21 heavy (non-hydrogen) atoms. The molecule has 2 aliphatic heterocycles. The fraction of sp³-hybridized carbons (Fsp3) is 0.562. The molecule has 2 saturated heterocycles. The highest BCUT2D eigenvalue weighted by Gasteiger charge is 2.34. The summed E-state index contributed by atoms with van der Waals surface area (Å²) >= 11 is 0. The predicted molar refractivity (Wildman–Crippen MR) is 80.7 cm³/mol. The Morgan fingerprint density at radius 1 is 1.48 bits per heavy atom. The molecule has 1 aromatic rings. The number of nitrogens with one attached hydrogen (secondary N) is 2. The molecule has 0 bridgehead atoms. The number of likely N-dealkylation sites (tertiary alicyclic amines) is 1. The Morgan fingerprint density at radius 2 is 2.33 bits per heavy atom. The van der Waals surface area contributed by atoms with Crippen LogP contribution in [0.4, 0.5) is 10.1 Å². The van der Waals surface area contributed by atoms with Gasteiger partial charge in [-0.15, -0.1) is 0 Å². The second-order valence-electron chi connectivity index (χ2n) is 6.16. The maximum atomic E-state index is 13.2. The van der Waals surface area contributed by atoms with Crippen LogP contribution in [-0.2, 0) is 4.79 Å². The second-order valence-corrected chi connectivity index (χ2v) is 6.16. The van der Waals surface area contributed by atoms with E-state index in [9.17, 15) is 9.18 Å². The third-order valence-corrected chi connectivity index (χ3v) is 4.52. The quantitative estimate of drug-likeness (QED) is 0.892. The van der Waals surface area contributed by atoms with Crippen LogP contribution >= 0.6 is 0 Å². The van der Waals surface area contributed by atoms with Crippen molar-refractivity contribution in [2.45, 2.75) is 25.8 Å².